The highest BCUT2D eigenvalue weighted by Crippen LogP contribution is 2.28. The highest BCUT2D eigenvalue weighted by atomic mass is 16.5. The molecule has 6 nitrogen and oxygen atoms in total. The van der Waals surface area contributed by atoms with E-state index in [2.05, 4.69) is 0 Å². The summed E-state index contributed by atoms with van der Waals surface area (Å²) in [5, 5.41) is 10.3. The van der Waals surface area contributed by atoms with Gasteiger partial charge in [-0.05, 0) is 37.1 Å². The van der Waals surface area contributed by atoms with Crippen molar-refractivity contribution < 1.29 is 19.4 Å². The number of β-amino-alcohol motifs (C(OH)–C–C–N with tert-alkyl or cyclic N) is 1. The quantitative estimate of drug-likeness (QED) is 0.889. The van der Waals surface area contributed by atoms with Gasteiger partial charge in [-0.25, -0.2) is 0 Å². The molecule has 6 heteroatoms. The number of piperidine rings is 1. The maximum atomic E-state index is 12.9. The Morgan fingerprint density at radius 2 is 1.76 bits per heavy atom. The van der Waals surface area contributed by atoms with E-state index in [1.54, 1.807) is 36.4 Å². The van der Waals surface area contributed by atoms with Gasteiger partial charge < -0.3 is 20.5 Å². The van der Waals surface area contributed by atoms with Gasteiger partial charge in [0.1, 0.15) is 11.5 Å². The van der Waals surface area contributed by atoms with E-state index in [9.17, 15) is 14.7 Å². The molecule has 0 spiro atoms. The molecule has 3 N–H and O–H groups in total. The number of para-hydroxylation sites is 2. The maximum Gasteiger partial charge on any atom is 0.257 e. The predicted octanol–water partition coefficient (Wildman–Crippen LogP) is 1.93. The first-order valence-corrected chi connectivity index (χ1v) is 8.13. The van der Waals surface area contributed by atoms with Crippen LogP contribution in [0.2, 0.25) is 0 Å². The van der Waals surface area contributed by atoms with Crippen LogP contribution in [0.15, 0.2) is 54.6 Å². The van der Waals surface area contributed by atoms with Crippen molar-refractivity contribution in [3.63, 3.8) is 0 Å². The molecule has 3 rings (SSSR count). The fraction of sp³-hybridized carbons (Fsp3) is 0.263. The summed E-state index contributed by atoms with van der Waals surface area (Å²) in [6, 6.07) is 16.1. The molecule has 1 aliphatic heterocycles. The number of nitrogens with zero attached hydrogens (tertiary/aromatic N) is 1. The van der Waals surface area contributed by atoms with Gasteiger partial charge in [0.05, 0.1) is 12.1 Å². The first-order chi connectivity index (χ1) is 12.0. The highest BCUT2D eigenvalue weighted by molar-refractivity contribution is 5.97. The Kier molecular flexibility index (Phi) is 4.72. The molecule has 0 radical (unpaired) electrons. The Labute approximate surface area is 145 Å². The lowest BCUT2D eigenvalue weighted by Crippen LogP contribution is -2.57. The number of nitrogens with two attached hydrogens (primary N) is 1. The SMILES string of the molecule is NC(=O)C1(O)CCCN(C(=O)c2ccccc2Oc2ccccc2)C1. The topological polar surface area (TPSA) is 92.9 Å². The van der Waals surface area contributed by atoms with Crippen molar-refractivity contribution in [2.45, 2.75) is 18.4 Å². The molecule has 2 aromatic rings. The Morgan fingerprint density at radius 1 is 1.08 bits per heavy atom. The Bertz CT molecular complexity index is 778. The van der Waals surface area contributed by atoms with E-state index in [1.165, 1.54) is 4.90 Å². The molecule has 1 atom stereocenters. The fourth-order valence-electron chi connectivity index (χ4n) is 2.93. The van der Waals surface area contributed by atoms with Crippen LogP contribution in [0.1, 0.15) is 23.2 Å². The summed E-state index contributed by atoms with van der Waals surface area (Å²) in [4.78, 5) is 25.8. The molecule has 1 unspecified atom stereocenters. The normalized spacial score (nSPS) is 20.1. The highest BCUT2D eigenvalue weighted by Gasteiger charge is 2.40. The van der Waals surface area contributed by atoms with E-state index in [0.717, 1.165) is 0 Å². The molecular weight excluding hydrogens is 320 g/mol. The zero-order valence-electron chi connectivity index (χ0n) is 13.7. The van der Waals surface area contributed by atoms with Gasteiger partial charge in [0, 0.05) is 6.54 Å². The third kappa shape index (κ3) is 3.64. The average molecular weight is 340 g/mol. The minimum Gasteiger partial charge on any atom is -0.457 e. The van der Waals surface area contributed by atoms with E-state index >= 15 is 0 Å². The number of carbonyl (C=O) groups excluding carboxylic acids is 2. The number of amides is 2. The monoisotopic (exact) mass is 340 g/mol. The molecule has 0 saturated carbocycles. The molecule has 0 bridgehead atoms. The second kappa shape index (κ2) is 6.94. The van der Waals surface area contributed by atoms with Gasteiger partial charge in [-0.1, -0.05) is 30.3 Å². The number of hydrogen-bond donors (Lipinski definition) is 2. The average Bonchev–Trinajstić information content (AvgIpc) is 2.62. The molecule has 1 aliphatic rings. The first kappa shape index (κ1) is 17.0. The van der Waals surface area contributed by atoms with Gasteiger partial charge in [-0.3, -0.25) is 9.59 Å². The molecule has 1 saturated heterocycles. The van der Waals surface area contributed by atoms with Gasteiger partial charge >= 0.3 is 0 Å². The summed E-state index contributed by atoms with van der Waals surface area (Å²) >= 11 is 0. The number of benzene rings is 2. The molecule has 1 heterocycles. The summed E-state index contributed by atoms with van der Waals surface area (Å²) in [6.45, 7) is 0.342. The third-order valence-electron chi connectivity index (χ3n) is 4.31. The number of rotatable bonds is 4. The smallest absolute Gasteiger partial charge is 0.257 e. The van der Waals surface area contributed by atoms with Gasteiger partial charge in [0.25, 0.3) is 11.8 Å². The van der Waals surface area contributed by atoms with Crippen molar-refractivity contribution in [3.8, 4) is 11.5 Å². The Hall–Kier alpha value is -2.86. The van der Waals surface area contributed by atoms with Crippen molar-refractivity contribution in [2.75, 3.05) is 13.1 Å². The van der Waals surface area contributed by atoms with Crippen LogP contribution in [0.4, 0.5) is 0 Å². The van der Waals surface area contributed by atoms with Crippen molar-refractivity contribution in [1.29, 1.82) is 0 Å². The minimum atomic E-state index is -1.68. The van der Waals surface area contributed by atoms with Crippen LogP contribution in [0.3, 0.4) is 0 Å². The zero-order valence-corrected chi connectivity index (χ0v) is 13.7. The van der Waals surface area contributed by atoms with Crippen molar-refractivity contribution in [2.24, 2.45) is 5.73 Å². The van der Waals surface area contributed by atoms with Crippen LogP contribution >= 0.6 is 0 Å². The largest absolute Gasteiger partial charge is 0.457 e. The summed E-state index contributed by atoms with van der Waals surface area (Å²) in [7, 11) is 0. The summed E-state index contributed by atoms with van der Waals surface area (Å²) in [5.41, 5.74) is 3.98. The zero-order chi connectivity index (χ0) is 17.9. The van der Waals surface area contributed by atoms with Crippen molar-refractivity contribution in [3.05, 3.63) is 60.2 Å². The Morgan fingerprint density at radius 3 is 2.48 bits per heavy atom. The van der Waals surface area contributed by atoms with Crippen LogP contribution in [0, 0.1) is 0 Å². The van der Waals surface area contributed by atoms with Gasteiger partial charge in [-0.15, -0.1) is 0 Å². The van der Waals surface area contributed by atoms with E-state index in [4.69, 9.17) is 10.5 Å². The molecule has 1 fully saturated rings. The van der Waals surface area contributed by atoms with Crippen LogP contribution in [-0.4, -0.2) is 40.5 Å². The van der Waals surface area contributed by atoms with Crippen molar-refractivity contribution in [1.82, 2.24) is 4.90 Å². The number of likely N-dealkylation sites (tertiary alicyclic amines) is 1. The van der Waals surface area contributed by atoms with Crippen LogP contribution in [0.25, 0.3) is 0 Å². The van der Waals surface area contributed by atoms with Gasteiger partial charge in [0.15, 0.2) is 5.60 Å². The molecule has 0 aliphatic carbocycles. The lowest BCUT2D eigenvalue weighted by molar-refractivity contribution is -0.140. The van der Waals surface area contributed by atoms with Crippen LogP contribution in [-0.2, 0) is 4.79 Å². The van der Waals surface area contributed by atoms with Gasteiger partial charge in [-0.2, -0.15) is 0 Å². The van der Waals surface area contributed by atoms with E-state index in [0.29, 0.717) is 30.0 Å². The molecule has 0 aromatic heterocycles. The number of ether oxygens (including phenoxy) is 1. The van der Waals surface area contributed by atoms with Crippen LogP contribution < -0.4 is 10.5 Å². The predicted molar refractivity (Wildman–Crippen MR) is 92.2 cm³/mol. The Balaban J connectivity index is 1.84. The minimum absolute atomic E-state index is 0.110. The second-order valence-electron chi connectivity index (χ2n) is 6.14. The number of primary amides is 1. The lowest BCUT2D eigenvalue weighted by atomic mass is 9.91. The standard InChI is InChI=1S/C19H20N2O4/c20-18(23)19(24)11-6-12-21(13-19)17(22)15-9-4-5-10-16(15)25-14-7-2-1-3-8-14/h1-5,7-10,24H,6,11-13H2,(H2,20,23). The molecule has 2 aromatic carbocycles. The first-order valence-electron chi connectivity index (χ1n) is 8.13. The van der Waals surface area contributed by atoms with Crippen molar-refractivity contribution >= 4 is 11.8 Å². The molecular formula is C19H20N2O4. The summed E-state index contributed by atoms with van der Waals surface area (Å²) in [6.07, 6.45) is 0.765. The molecule has 2 amide bonds. The summed E-state index contributed by atoms with van der Waals surface area (Å²) < 4.78 is 5.82. The number of carbonyl (C=O) groups is 2. The fourth-order valence-corrected chi connectivity index (χ4v) is 2.93. The second-order valence-corrected chi connectivity index (χ2v) is 6.14. The van der Waals surface area contributed by atoms with Crippen LogP contribution in [0.5, 0.6) is 11.5 Å². The lowest BCUT2D eigenvalue weighted by Gasteiger charge is -2.37. The number of aliphatic hydroxyl groups is 1. The molecule has 25 heavy (non-hydrogen) atoms. The summed E-state index contributed by atoms with van der Waals surface area (Å²) in [5.74, 6) is -0.0633. The number of hydrogen-bond acceptors (Lipinski definition) is 4. The third-order valence-corrected chi connectivity index (χ3v) is 4.31. The van der Waals surface area contributed by atoms with E-state index < -0.39 is 11.5 Å². The maximum absolute atomic E-state index is 12.9. The van der Waals surface area contributed by atoms with E-state index in [-0.39, 0.29) is 18.9 Å². The van der Waals surface area contributed by atoms with Gasteiger partial charge in [0.2, 0.25) is 0 Å². The van der Waals surface area contributed by atoms with E-state index in [1.807, 2.05) is 18.2 Å². The molecule has 130 valence electrons.